The lowest BCUT2D eigenvalue weighted by atomic mass is 10.1. The SMILES string of the molecule is CCS(=O)(=O)c1ccc(CNC(=O)c2cc(Br)c3c(c2)nc(Cc2ccc(C(F)(F)F)cc2)n3C)cc1.CCS(=O)(=O)c1ccc(CNC(=O)c2cc(OC)c3c(c2)nc(Cc2ccc(C(F)(F)F)cc2)n3C)cc1. The smallest absolute Gasteiger partial charge is 0.416 e. The van der Waals surface area contributed by atoms with Gasteiger partial charge in [0.15, 0.2) is 19.7 Å². The number of sulfone groups is 2. The van der Waals surface area contributed by atoms with E-state index in [0.29, 0.717) is 67.1 Å². The molecule has 0 atom stereocenters. The zero-order valence-corrected chi connectivity index (χ0v) is 44.1. The number of carbonyl (C=O) groups is 2. The molecule has 2 heterocycles. The van der Waals surface area contributed by atoms with Crippen LogP contribution in [0.1, 0.15) is 79.6 Å². The van der Waals surface area contributed by atoms with Crippen molar-refractivity contribution in [1.82, 2.24) is 29.7 Å². The summed E-state index contributed by atoms with van der Waals surface area (Å²) in [7, 11) is -1.53. The number of nitrogens with one attached hydrogen (secondary N) is 2. The molecule has 6 aromatic carbocycles. The van der Waals surface area contributed by atoms with Crippen molar-refractivity contribution in [1.29, 1.82) is 0 Å². The molecule has 8 rings (SSSR count). The summed E-state index contributed by atoms with van der Waals surface area (Å²) >= 11 is 3.50. The number of aromatic nitrogens is 4. The number of hydrogen-bond acceptors (Lipinski definition) is 9. The molecule has 0 aliphatic rings. The monoisotopic (exact) mass is 1140 g/mol. The van der Waals surface area contributed by atoms with E-state index < -0.39 is 43.2 Å². The van der Waals surface area contributed by atoms with Crippen LogP contribution in [-0.4, -0.2) is 66.4 Å². The van der Waals surface area contributed by atoms with Gasteiger partial charge >= 0.3 is 12.4 Å². The Morgan fingerprint density at radius 1 is 0.560 bits per heavy atom. The summed E-state index contributed by atoms with van der Waals surface area (Å²) in [6.45, 7) is 3.56. The molecular formula is C53H49BrF6N6O7S2. The molecular weight excluding hydrogens is 1090 g/mol. The van der Waals surface area contributed by atoms with Gasteiger partial charge in [0.25, 0.3) is 11.8 Å². The molecule has 0 bridgehead atoms. The first-order valence-corrected chi connectivity index (χ1v) is 27.1. The molecule has 0 radical (unpaired) electrons. The molecule has 75 heavy (non-hydrogen) atoms. The molecule has 0 spiro atoms. The maximum Gasteiger partial charge on any atom is 0.416 e. The highest BCUT2D eigenvalue weighted by atomic mass is 79.9. The minimum absolute atomic E-state index is 0.00691. The summed E-state index contributed by atoms with van der Waals surface area (Å²) in [6.07, 6.45) is -8.18. The number of alkyl halides is 6. The Hall–Kier alpha value is -7.04. The van der Waals surface area contributed by atoms with Gasteiger partial charge in [-0.2, -0.15) is 26.3 Å². The first-order chi connectivity index (χ1) is 35.3. The van der Waals surface area contributed by atoms with Crippen LogP contribution in [0.5, 0.6) is 5.75 Å². The molecule has 0 saturated carbocycles. The molecule has 13 nitrogen and oxygen atoms in total. The van der Waals surface area contributed by atoms with Gasteiger partial charge in [-0.25, -0.2) is 26.8 Å². The molecule has 0 aliphatic heterocycles. The molecule has 2 amide bonds. The zero-order chi connectivity index (χ0) is 54.6. The van der Waals surface area contributed by atoms with Gasteiger partial charge in [0.2, 0.25) is 0 Å². The van der Waals surface area contributed by atoms with Crippen LogP contribution < -0.4 is 15.4 Å². The fourth-order valence-corrected chi connectivity index (χ4v) is 10.4. The number of nitrogens with zero attached hydrogens (tertiary/aromatic N) is 4. The van der Waals surface area contributed by atoms with Gasteiger partial charge in [0, 0.05) is 55.6 Å². The predicted octanol–water partition coefficient (Wildman–Crippen LogP) is 10.6. The Bertz CT molecular complexity index is 3620. The van der Waals surface area contributed by atoms with Crippen molar-refractivity contribution >= 4 is 69.5 Å². The zero-order valence-electron chi connectivity index (χ0n) is 40.9. The first-order valence-electron chi connectivity index (χ1n) is 23.0. The lowest BCUT2D eigenvalue weighted by Crippen LogP contribution is -2.22. The molecule has 0 saturated heterocycles. The number of methoxy groups -OCH3 is 1. The number of amides is 2. The van der Waals surface area contributed by atoms with Gasteiger partial charge in [-0.05, 0) is 111 Å². The molecule has 0 aliphatic carbocycles. The normalized spacial score (nSPS) is 12.1. The number of hydrogen-bond donors (Lipinski definition) is 2. The van der Waals surface area contributed by atoms with Crippen LogP contribution in [-0.2, 0) is 72.1 Å². The Balaban J connectivity index is 0.000000219. The molecule has 8 aromatic rings. The second-order valence-electron chi connectivity index (χ2n) is 17.2. The molecule has 22 heteroatoms. The number of fused-ring (bicyclic) bond motifs is 2. The van der Waals surface area contributed by atoms with Crippen LogP contribution in [0.3, 0.4) is 0 Å². The number of rotatable bonds is 15. The van der Waals surface area contributed by atoms with Crippen LogP contribution in [0, 0.1) is 0 Å². The summed E-state index contributed by atoms with van der Waals surface area (Å²) in [4.78, 5) is 35.4. The summed E-state index contributed by atoms with van der Waals surface area (Å²) in [5.74, 6) is 0.976. The van der Waals surface area contributed by atoms with Gasteiger partial charge in [-0.1, -0.05) is 62.4 Å². The number of halogens is 7. The van der Waals surface area contributed by atoms with Gasteiger partial charge in [0.05, 0.1) is 56.1 Å². The van der Waals surface area contributed by atoms with Gasteiger partial charge < -0.3 is 24.5 Å². The van der Waals surface area contributed by atoms with Gasteiger partial charge in [-0.3, -0.25) is 9.59 Å². The number of aryl methyl sites for hydroxylation is 2. The molecule has 0 unspecified atom stereocenters. The summed E-state index contributed by atoms with van der Waals surface area (Å²) in [5, 5.41) is 5.63. The molecule has 2 N–H and O–H groups in total. The summed E-state index contributed by atoms with van der Waals surface area (Å²) in [6, 6.07) is 29.1. The van der Waals surface area contributed by atoms with Crippen molar-refractivity contribution in [3.8, 4) is 5.75 Å². The predicted molar refractivity (Wildman–Crippen MR) is 275 cm³/mol. The van der Waals surface area contributed by atoms with E-state index in [2.05, 4.69) is 36.5 Å². The lowest BCUT2D eigenvalue weighted by Gasteiger charge is -2.10. The van der Waals surface area contributed by atoms with Crippen molar-refractivity contribution in [2.24, 2.45) is 14.1 Å². The maximum absolute atomic E-state index is 12.9. The van der Waals surface area contributed by atoms with E-state index in [0.717, 1.165) is 40.9 Å². The highest BCUT2D eigenvalue weighted by Crippen LogP contribution is 2.33. The third kappa shape index (κ3) is 13.1. The fraction of sp³-hybridized carbons (Fsp3) is 0.245. The van der Waals surface area contributed by atoms with E-state index in [1.807, 2.05) is 11.6 Å². The second kappa shape index (κ2) is 22.4. The summed E-state index contributed by atoms with van der Waals surface area (Å²) in [5.41, 5.74) is 4.58. The van der Waals surface area contributed by atoms with Crippen LogP contribution in [0.2, 0.25) is 0 Å². The Morgan fingerprint density at radius 3 is 1.29 bits per heavy atom. The van der Waals surface area contributed by atoms with Crippen molar-refractivity contribution in [2.45, 2.75) is 61.9 Å². The molecule has 2 aromatic heterocycles. The van der Waals surface area contributed by atoms with Gasteiger partial charge in [0.1, 0.15) is 22.9 Å². The van der Waals surface area contributed by atoms with Crippen LogP contribution >= 0.6 is 15.9 Å². The third-order valence-electron chi connectivity index (χ3n) is 12.3. The van der Waals surface area contributed by atoms with E-state index in [4.69, 9.17) is 4.74 Å². The van der Waals surface area contributed by atoms with E-state index in [1.54, 1.807) is 74.0 Å². The number of imidazole rings is 2. The summed E-state index contributed by atoms with van der Waals surface area (Å²) < 4.78 is 135. The minimum atomic E-state index is -4.40. The quantitative estimate of drug-likeness (QED) is 0.0948. The van der Waals surface area contributed by atoms with E-state index in [1.165, 1.54) is 55.6 Å². The molecule has 394 valence electrons. The maximum atomic E-state index is 12.9. The topological polar surface area (TPSA) is 171 Å². The van der Waals surface area contributed by atoms with Crippen LogP contribution in [0.4, 0.5) is 26.3 Å². The highest BCUT2D eigenvalue weighted by Gasteiger charge is 2.31. The van der Waals surface area contributed by atoms with E-state index in [9.17, 15) is 52.8 Å². The van der Waals surface area contributed by atoms with E-state index >= 15 is 0 Å². The van der Waals surface area contributed by atoms with Crippen molar-refractivity contribution in [3.63, 3.8) is 0 Å². The number of carbonyl (C=O) groups excluding carboxylic acids is 2. The molecule has 0 fully saturated rings. The largest absolute Gasteiger partial charge is 0.494 e. The fourth-order valence-electron chi connectivity index (χ4n) is 7.96. The van der Waals surface area contributed by atoms with Crippen molar-refractivity contribution in [2.75, 3.05) is 18.6 Å². The Kier molecular flexibility index (Phi) is 16.7. The number of benzene rings is 6. The first kappa shape index (κ1) is 55.7. The Morgan fingerprint density at radius 2 is 0.920 bits per heavy atom. The van der Waals surface area contributed by atoms with Crippen molar-refractivity contribution < 1.29 is 57.5 Å². The average Bonchev–Trinajstić information content (AvgIpc) is 3.88. The minimum Gasteiger partial charge on any atom is -0.494 e. The van der Waals surface area contributed by atoms with E-state index in [-0.39, 0.29) is 52.6 Å². The van der Waals surface area contributed by atoms with Gasteiger partial charge in [-0.15, -0.1) is 0 Å². The van der Waals surface area contributed by atoms with Crippen LogP contribution in [0.15, 0.2) is 136 Å². The second-order valence-corrected chi connectivity index (χ2v) is 22.7. The standard InChI is InChI=1S/C27H26F3N3O4S.C26H23BrF3N3O3S/c1-4-38(35,36)21-11-7-18(8-12-21)16-31-26(34)19-14-22-25(23(15-19)37-3)33(2)24(32-22)13-17-5-9-20(10-6-17)27(28,29)30;1-3-37(35,36)20-10-6-17(7-11-20)15-31-25(34)18-13-21(27)24-22(14-18)32-23(33(24)2)12-16-4-8-19(9-5-16)26(28,29)30/h5-12,14-15H,4,13,16H2,1-3H3,(H,31,34);4-11,13-14H,3,12,15H2,1-2H3,(H,31,34). The van der Waals surface area contributed by atoms with Crippen LogP contribution in [0.25, 0.3) is 22.1 Å². The third-order valence-corrected chi connectivity index (χ3v) is 16.4. The van der Waals surface area contributed by atoms with Crippen molar-refractivity contribution in [3.05, 3.63) is 182 Å². The Labute approximate surface area is 436 Å². The number of ether oxygens (including phenoxy) is 1. The average molecular weight is 1140 g/mol. The highest BCUT2D eigenvalue weighted by molar-refractivity contribution is 9.10. The lowest BCUT2D eigenvalue weighted by molar-refractivity contribution is -0.138.